The Bertz CT molecular complexity index is 686. The lowest BCUT2D eigenvalue weighted by Gasteiger charge is -2.31. The number of rotatable bonds is 4. The van der Waals surface area contributed by atoms with Crippen LogP contribution >= 0.6 is 0 Å². The van der Waals surface area contributed by atoms with Crippen LogP contribution in [-0.4, -0.2) is 33.6 Å². The van der Waals surface area contributed by atoms with E-state index < -0.39 is 0 Å². The Kier molecular flexibility index (Phi) is 4.43. The van der Waals surface area contributed by atoms with Crippen molar-refractivity contribution in [3.05, 3.63) is 29.3 Å². The Morgan fingerprint density at radius 2 is 2.13 bits per heavy atom. The highest BCUT2D eigenvalue weighted by atomic mass is 16.5. The van der Waals surface area contributed by atoms with Crippen molar-refractivity contribution in [1.29, 1.82) is 0 Å². The second kappa shape index (κ2) is 6.21. The monoisotopic (exact) mass is 316 g/mol. The van der Waals surface area contributed by atoms with Crippen LogP contribution in [0.4, 0.5) is 0 Å². The fourth-order valence-electron chi connectivity index (χ4n) is 3.71. The Hall–Kier alpha value is -1.46. The molecule has 23 heavy (non-hydrogen) atoms. The Morgan fingerprint density at radius 1 is 1.35 bits per heavy atom. The van der Waals surface area contributed by atoms with Gasteiger partial charge in [-0.3, -0.25) is 4.40 Å². The van der Waals surface area contributed by atoms with Gasteiger partial charge in [-0.1, -0.05) is 20.8 Å². The fourth-order valence-corrected chi connectivity index (χ4v) is 3.71. The van der Waals surface area contributed by atoms with E-state index in [2.05, 4.69) is 53.4 Å². The van der Waals surface area contributed by atoms with Crippen molar-refractivity contribution < 1.29 is 4.74 Å². The van der Waals surface area contributed by atoms with E-state index in [0.29, 0.717) is 12.0 Å². The van der Waals surface area contributed by atoms with Gasteiger partial charge >= 0.3 is 0 Å². The molecule has 2 aromatic rings. The molecule has 2 aromatic heterocycles. The lowest BCUT2D eigenvalue weighted by Crippen LogP contribution is -2.36. The second-order valence-electron chi connectivity index (χ2n) is 7.76. The van der Waals surface area contributed by atoms with Crippen molar-refractivity contribution in [1.82, 2.24) is 19.7 Å². The summed E-state index contributed by atoms with van der Waals surface area (Å²) in [5, 5.41) is 3.60. The molecule has 1 aliphatic heterocycles. The number of nitrogens with one attached hydrogen (secondary N) is 1. The van der Waals surface area contributed by atoms with E-state index in [-0.39, 0.29) is 5.41 Å². The fraction of sp³-hybridized carbons (Fsp3) is 0.667. The molecule has 5 nitrogen and oxygen atoms in total. The first-order chi connectivity index (χ1) is 10.9. The van der Waals surface area contributed by atoms with E-state index in [4.69, 9.17) is 4.74 Å². The summed E-state index contributed by atoms with van der Waals surface area (Å²) in [6.07, 6.45) is 3.40. The van der Waals surface area contributed by atoms with Crippen LogP contribution in [0.3, 0.4) is 0 Å². The summed E-state index contributed by atoms with van der Waals surface area (Å²) in [5.41, 5.74) is 3.55. The summed E-state index contributed by atoms with van der Waals surface area (Å²) in [5.74, 6) is 1.37. The minimum absolute atomic E-state index is 0.199. The maximum absolute atomic E-state index is 5.95. The molecule has 0 saturated carbocycles. The van der Waals surface area contributed by atoms with Crippen molar-refractivity contribution in [3.63, 3.8) is 0 Å². The molecule has 2 atom stereocenters. The Labute approximate surface area is 138 Å². The van der Waals surface area contributed by atoms with Gasteiger partial charge in [-0.15, -0.1) is 0 Å². The molecular formula is C18H28N4O. The number of aryl methyl sites for hydroxylation is 2. The van der Waals surface area contributed by atoms with E-state index in [9.17, 15) is 0 Å². The molecule has 0 aliphatic carbocycles. The quantitative estimate of drug-likeness (QED) is 0.942. The van der Waals surface area contributed by atoms with E-state index >= 15 is 0 Å². The molecule has 1 fully saturated rings. The van der Waals surface area contributed by atoms with Gasteiger partial charge in [0.05, 0.1) is 18.0 Å². The minimum atomic E-state index is 0.199. The highest BCUT2D eigenvalue weighted by Gasteiger charge is 2.36. The van der Waals surface area contributed by atoms with Gasteiger partial charge in [0, 0.05) is 37.0 Å². The SMILES string of the molecule is Cc1cc(C)n2c(CNC[C@@H]3CCO[C@H]3C(C)(C)C)cnc2n1. The third-order valence-electron chi connectivity index (χ3n) is 4.64. The first-order valence-corrected chi connectivity index (χ1v) is 8.49. The van der Waals surface area contributed by atoms with Gasteiger partial charge < -0.3 is 10.1 Å². The molecule has 0 bridgehead atoms. The smallest absolute Gasteiger partial charge is 0.234 e. The number of nitrogens with zero attached hydrogens (tertiary/aromatic N) is 3. The van der Waals surface area contributed by atoms with Crippen molar-refractivity contribution in [2.45, 2.75) is 53.7 Å². The second-order valence-corrected chi connectivity index (χ2v) is 7.76. The predicted octanol–water partition coefficient (Wildman–Crippen LogP) is 2.89. The molecule has 0 unspecified atom stereocenters. The van der Waals surface area contributed by atoms with Crippen LogP contribution in [0.1, 0.15) is 44.3 Å². The molecule has 1 aliphatic rings. The van der Waals surface area contributed by atoms with Crippen LogP contribution in [-0.2, 0) is 11.3 Å². The van der Waals surface area contributed by atoms with Crippen molar-refractivity contribution in [2.24, 2.45) is 11.3 Å². The average Bonchev–Trinajstić information content (AvgIpc) is 3.05. The topological polar surface area (TPSA) is 51.5 Å². The van der Waals surface area contributed by atoms with Crippen molar-refractivity contribution in [2.75, 3.05) is 13.2 Å². The highest BCUT2D eigenvalue weighted by Crippen LogP contribution is 2.34. The van der Waals surface area contributed by atoms with Crippen LogP contribution in [0.25, 0.3) is 5.78 Å². The molecule has 1 saturated heterocycles. The average molecular weight is 316 g/mol. The van der Waals surface area contributed by atoms with E-state index in [1.54, 1.807) is 0 Å². The largest absolute Gasteiger partial charge is 0.377 e. The maximum Gasteiger partial charge on any atom is 0.234 e. The summed E-state index contributed by atoms with van der Waals surface area (Å²) in [7, 11) is 0. The summed E-state index contributed by atoms with van der Waals surface area (Å²) < 4.78 is 8.08. The zero-order chi connectivity index (χ0) is 16.6. The van der Waals surface area contributed by atoms with E-state index in [1.165, 1.54) is 5.69 Å². The molecule has 3 rings (SSSR count). The first kappa shape index (κ1) is 16.4. The number of hydrogen-bond acceptors (Lipinski definition) is 4. The summed E-state index contributed by atoms with van der Waals surface area (Å²) in [6.45, 7) is 13.6. The highest BCUT2D eigenvalue weighted by molar-refractivity contribution is 5.35. The first-order valence-electron chi connectivity index (χ1n) is 8.49. The zero-order valence-electron chi connectivity index (χ0n) is 14.9. The number of fused-ring (bicyclic) bond motifs is 1. The maximum atomic E-state index is 5.95. The molecule has 0 spiro atoms. The van der Waals surface area contributed by atoms with E-state index in [1.807, 2.05) is 13.1 Å². The summed E-state index contributed by atoms with van der Waals surface area (Å²) in [4.78, 5) is 8.92. The van der Waals surface area contributed by atoms with Gasteiger partial charge in [0.2, 0.25) is 5.78 Å². The molecule has 1 N–H and O–H groups in total. The predicted molar refractivity (Wildman–Crippen MR) is 91.5 cm³/mol. The third-order valence-corrected chi connectivity index (χ3v) is 4.64. The van der Waals surface area contributed by atoms with Crippen molar-refractivity contribution in [3.8, 4) is 0 Å². The Balaban J connectivity index is 1.65. The van der Waals surface area contributed by atoms with Gasteiger partial charge in [-0.2, -0.15) is 0 Å². The van der Waals surface area contributed by atoms with Gasteiger partial charge in [0.25, 0.3) is 0 Å². The summed E-state index contributed by atoms with van der Waals surface area (Å²) >= 11 is 0. The molecule has 3 heterocycles. The Morgan fingerprint density at radius 3 is 2.87 bits per heavy atom. The van der Waals surface area contributed by atoms with Gasteiger partial charge in [0.1, 0.15) is 0 Å². The van der Waals surface area contributed by atoms with E-state index in [0.717, 1.165) is 43.3 Å². The summed E-state index contributed by atoms with van der Waals surface area (Å²) in [6, 6.07) is 2.10. The molecule has 5 heteroatoms. The molecule has 126 valence electrons. The third kappa shape index (κ3) is 3.40. The minimum Gasteiger partial charge on any atom is -0.377 e. The van der Waals surface area contributed by atoms with Crippen LogP contribution in [0, 0.1) is 25.2 Å². The van der Waals surface area contributed by atoms with Crippen LogP contribution in [0.5, 0.6) is 0 Å². The molecule has 0 aromatic carbocycles. The number of hydrogen-bond donors (Lipinski definition) is 1. The van der Waals surface area contributed by atoms with Gasteiger partial charge in [-0.05, 0) is 31.7 Å². The van der Waals surface area contributed by atoms with Crippen LogP contribution in [0.2, 0.25) is 0 Å². The molecular weight excluding hydrogens is 288 g/mol. The zero-order valence-corrected chi connectivity index (χ0v) is 14.9. The number of imidazole rings is 1. The number of aromatic nitrogens is 3. The van der Waals surface area contributed by atoms with Gasteiger partial charge in [0.15, 0.2) is 0 Å². The van der Waals surface area contributed by atoms with Crippen LogP contribution in [0.15, 0.2) is 12.3 Å². The number of ether oxygens (including phenoxy) is 1. The van der Waals surface area contributed by atoms with Gasteiger partial charge in [-0.25, -0.2) is 9.97 Å². The lowest BCUT2D eigenvalue weighted by atomic mass is 9.81. The molecule has 0 radical (unpaired) electrons. The standard InChI is InChI=1S/C18H28N4O/c1-12-8-13(2)22-15(11-20-17(22)21-12)10-19-9-14-6-7-23-16(14)18(3,4)5/h8,11,14,16,19H,6-7,9-10H2,1-5H3/t14-,16+/m0/s1. The van der Waals surface area contributed by atoms with Crippen LogP contribution < -0.4 is 5.32 Å². The molecule has 0 amide bonds. The normalized spacial score (nSPS) is 22.1. The van der Waals surface area contributed by atoms with Crippen molar-refractivity contribution >= 4 is 5.78 Å². The lowest BCUT2D eigenvalue weighted by molar-refractivity contribution is 0.00719.